The third-order valence-corrected chi connectivity index (χ3v) is 17.0. The van der Waals surface area contributed by atoms with Crippen molar-refractivity contribution in [3.63, 3.8) is 0 Å². The fourth-order valence-corrected chi connectivity index (χ4v) is 11.0. The molecular weight excluding hydrogens is 1280 g/mol. The van der Waals surface area contributed by atoms with Gasteiger partial charge in [0.25, 0.3) is 0 Å². The summed E-state index contributed by atoms with van der Waals surface area (Å²) in [6.45, 7) is 4.45. The lowest BCUT2D eigenvalue weighted by atomic mass is 10.1. The number of aliphatic hydroxyl groups excluding tert-OH is 1. The van der Waals surface area contributed by atoms with Gasteiger partial charge in [0.15, 0.2) is 12.2 Å². The van der Waals surface area contributed by atoms with Crippen LogP contribution in [-0.2, 0) is 65.4 Å². The van der Waals surface area contributed by atoms with E-state index in [1.807, 2.05) is 12.2 Å². The lowest BCUT2D eigenvalue weighted by Gasteiger charge is -2.21. The summed E-state index contributed by atoms with van der Waals surface area (Å²) in [6, 6.07) is 0. The molecule has 0 heterocycles. The Labute approximate surface area is 593 Å². The van der Waals surface area contributed by atoms with E-state index < -0.39 is 97.5 Å². The molecule has 0 saturated heterocycles. The zero-order chi connectivity index (χ0) is 71.8. The molecule has 0 aliphatic rings. The summed E-state index contributed by atoms with van der Waals surface area (Å²) in [6.07, 6.45) is 77.5. The second kappa shape index (κ2) is 70.6. The van der Waals surface area contributed by atoms with Crippen molar-refractivity contribution >= 4 is 39.5 Å². The number of carbonyl (C=O) groups is 4. The fourth-order valence-electron chi connectivity index (χ4n) is 9.40. The van der Waals surface area contributed by atoms with E-state index in [1.54, 1.807) is 0 Å². The Kier molecular flexibility index (Phi) is 67.2. The van der Waals surface area contributed by atoms with Crippen LogP contribution in [0.2, 0.25) is 0 Å². The second-order valence-electron chi connectivity index (χ2n) is 24.5. The zero-order valence-corrected chi connectivity index (χ0v) is 62.7. The van der Waals surface area contributed by atoms with Crippen LogP contribution in [0, 0.1) is 0 Å². The van der Waals surface area contributed by atoms with E-state index in [0.29, 0.717) is 32.1 Å². The van der Waals surface area contributed by atoms with Crippen molar-refractivity contribution in [1.82, 2.24) is 0 Å². The Bertz CT molecular complexity index is 2380. The molecule has 0 amide bonds. The molecule has 0 aromatic carbocycles. The molecule has 0 bridgehead atoms. The Morgan fingerprint density at radius 3 is 0.918 bits per heavy atom. The summed E-state index contributed by atoms with van der Waals surface area (Å²) in [7, 11) is -9.98. The number of phosphoric ester groups is 2. The van der Waals surface area contributed by atoms with E-state index in [-0.39, 0.29) is 25.7 Å². The van der Waals surface area contributed by atoms with Crippen LogP contribution in [0.3, 0.4) is 0 Å². The highest BCUT2D eigenvalue weighted by atomic mass is 31.2. The summed E-state index contributed by atoms with van der Waals surface area (Å²) >= 11 is 0. The van der Waals surface area contributed by atoms with Crippen LogP contribution in [0.4, 0.5) is 0 Å². The van der Waals surface area contributed by atoms with Crippen molar-refractivity contribution in [2.75, 3.05) is 39.6 Å². The lowest BCUT2D eigenvalue weighted by Crippen LogP contribution is -2.30. The van der Waals surface area contributed by atoms with Gasteiger partial charge < -0.3 is 33.8 Å². The van der Waals surface area contributed by atoms with Crippen molar-refractivity contribution in [2.45, 2.75) is 303 Å². The first-order chi connectivity index (χ1) is 47.7. The first-order valence-corrected chi connectivity index (χ1v) is 40.4. The van der Waals surface area contributed by atoms with Crippen molar-refractivity contribution in [2.24, 2.45) is 0 Å². The van der Waals surface area contributed by atoms with Gasteiger partial charge in [0.1, 0.15) is 19.3 Å². The van der Waals surface area contributed by atoms with Gasteiger partial charge in [0.2, 0.25) is 0 Å². The summed E-state index contributed by atoms with van der Waals surface area (Å²) in [5, 5.41) is 10.6. The molecular formula is C79H132O17P2. The standard InChI is InChI=1S/C79H132O17P2/c1-5-9-13-17-21-25-29-32-35-36-39-41-45-48-52-56-60-64-77(82)89-69-74(95-78(83)65-61-57-53-49-43-28-24-20-16-12-8-4)71-93-97(85,86)91-67-73(80)68-92-98(87,88)94-72-75(96-79(84)66-62-58-54-50-46-42-38-34-31-27-23-19-15-11-7-3)70-90-76(81)63-59-55-51-47-44-40-37-33-30-26-22-18-14-10-6-2/h9-10,13-14,20-22,24-26,32-35,37-39,41,44,47-48,52,73-75,80H,5-8,11-12,15-19,23,27-31,36,40,42-43,45-46,49-51,53-72H2,1-4H3,(H,85,86)(H,87,88)/b13-9-,14-10-,24-20-,25-21-,26-22-,35-32-,37-33-,38-34-,41-39-,47-44-,52-48-. The molecule has 0 aromatic rings. The predicted octanol–water partition coefficient (Wildman–Crippen LogP) is 21.3. The molecule has 5 unspecified atom stereocenters. The molecule has 0 aliphatic carbocycles. The van der Waals surface area contributed by atoms with Gasteiger partial charge >= 0.3 is 39.5 Å². The van der Waals surface area contributed by atoms with Crippen LogP contribution in [0.15, 0.2) is 134 Å². The highest BCUT2D eigenvalue weighted by molar-refractivity contribution is 7.47. The number of unbranched alkanes of at least 4 members (excludes halogenated alkanes) is 21. The van der Waals surface area contributed by atoms with E-state index in [4.69, 9.17) is 37.0 Å². The molecule has 0 spiro atoms. The number of phosphoric acid groups is 2. The van der Waals surface area contributed by atoms with Crippen molar-refractivity contribution in [3.8, 4) is 0 Å². The van der Waals surface area contributed by atoms with Crippen LogP contribution < -0.4 is 0 Å². The molecule has 0 fully saturated rings. The Morgan fingerprint density at radius 1 is 0.296 bits per heavy atom. The summed E-state index contributed by atoms with van der Waals surface area (Å²) in [5.74, 6) is -2.32. The number of allylic oxidation sites excluding steroid dienone is 22. The monoisotopic (exact) mass is 1410 g/mol. The van der Waals surface area contributed by atoms with Crippen LogP contribution >= 0.6 is 15.6 Å². The number of hydrogen-bond donors (Lipinski definition) is 3. The Hall–Kier alpha value is -4.80. The minimum atomic E-state index is -4.99. The van der Waals surface area contributed by atoms with Crippen LogP contribution in [0.1, 0.15) is 285 Å². The van der Waals surface area contributed by atoms with E-state index in [9.17, 15) is 43.2 Å². The van der Waals surface area contributed by atoms with Gasteiger partial charge in [-0.2, -0.15) is 0 Å². The SMILES string of the molecule is CC/C=C\C/C=C\C/C=C\C/C=C\C/C=C\CCCC(=O)OCC(COP(=O)(O)OCC(O)COP(=O)(O)OCC(COC(=O)CCCC/C=C\C/C=C\C/C=C\C/C=C\CC)OC(=O)CCCCCCC/C=C\CCCCCCCC)OC(=O)CCCCCCC/C=C\CCCC. The Morgan fingerprint density at radius 2 is 0.551 bits per heavy atom. The van der Waals surface area contributed by atoms with Gasteiger partial charge in [-0.15, -0.1) is 0 Å². The third-order valence-electron chi connectivity index (χ3n) is 15.1. The third kappa shape index (κ3) is 69.7. The van der Waals surface area contributed by atoms with Crippen molar-refractivity contribution < 1.29 is 80.2 Å². The van der Waals surface area contributed by atoms with E-state index in [2.05, 4.69) is 149 Å². The molecule has 17 nitrogen and oxygen atoms in total. The Balaban J connectivity index is 5.42. The fraction of sp³-hybridized carbons (Fsp3) is 0.671. The molecule has 560 valence electrons. The molecule has 0 rings (SSSR count). The largest absolute Gasteiger partial charge is 0.472 e. The number of esters is 4. The number of rotatable bonds is 69. The summed E-state index contributed by atoms with van der Waals surface area (Å²) in [4.78, 5) is 72.7. The van der Waals surface area contributed by atoms with E-state index >= 15 is 0 Å². The van der Waals surface area contributed by atoms with E-state index in [0.717, 1.165) is 148 Å². The first kappa shape index (κ1) is 93.2. The molecule has 0 aliphatic heterocycles. The summed E-state index contributed by atoms with van der Waals surface area (Å²) < 4.78 is 68.3. The molecule has 0 radical (unpaired) electrons. The number of ether oxygens (including phenoxy) is 4. The van der Waals surface area contributed by atoms with Gasteiger partial charge in [0.05, 0.1) is 26.4 Å². The maximum atomic E-state index is 13.1. The average molecular weight is 1420 g/mol. The topological polar surface area (TPSA) is 237 Å². The van der Waals surface area contributed by atoms with E-state index in [1.165, 1.54) is 51.4 Å². The first-order valence-electron chi connectivity index (χ1n) is 37.4. The van der Waals surface area contributed by atoms with Gasteiger partial charge in [-0.25, -0.2) is 9.13 Å². The maximum Gasteiger partial charge on any atom is 0.472 e. The van der Waals surface area contributed by atoms with Crippen molar-refractivity contribution in [1.29, 1.82) is 0 Å². The summed E-state index contributed by atoms with van der Waals surface area (Å²) in [5.41, 5.74) is 0. The zero-order valence-electron chi connectivity index (χ0n) is 60.9. The normalized spacial score (nSPS) is 14.7. The quantitative estimate of drug-likeness (QED) is 0.0169. The predicted molar refractivity (Wildman–Crippen MR) is 399 cm³/mol. The van der Waals surface area contributed by atoms with Gasteiger partial charge in [-0.1, -0.05) is 245 Å². The minimum absolute atomic E-state index is 0.0680. The van der Waals surface area contributed by atoms with Crippen LogP contribution in [0.25, 0.3) is 0 Å². The number of hydrogen-bond acceptors (Lipinski definition) is 15. The minimum Gasteiger partial charge on any atom is -0.462 e. The molecule has 98 heavy (non-hydrogen) atoms. The molecule has 5 atom stereocenters. The number of carbonyl (C=O) groups excluding carboxylic acids is 4. The molecule has 3 N–H and O–H groups in total. The average Bonchev–Trinajstić information content (AvgIpc) is 0.986. The maximum absolute atomic E-state index is 13.1. The number of aliphatic hydroxyl groups is 1. The molecule has 19 heteroatoms. The highest BCUT2D eigenvalue weighted by Gasteiger charge is 2.30. The highest BCUT2D eigenvalue weighted by Crippen LogP contribution is 2.45. The van der Waals surface area contributed by atoms with Gasteiger partial charge in [-0.3, -0.25) is 37.3 Å². The molecule has 0 saturated carbocycles. The van der Waals surface area contributed by atoms with Crippen LogP contribution in [-0.4, -0.2) is 96.7 Å². The van der Waals surface area contributed by atoms with Gasteiger partial charge in [-0.05, 0) is 148 Å². The smallest absolute Gasteiger partial charge is 0.462 e. The van der Waals surface area contributed by atoms with Crippen LogP contribution in [0.5, 0.6) is 0 Å². The van der Waals surface area contributed by atoms with Crippen molar-refractivity contribution in [3.05, 3.63) is 134 Å². The lowest BCUT2D eigenvalue weighted by molar-refractivity contribution is -0.161. The van der Waals surface area contributed by atoms with Gasteiger partial charge in [0, 0.05) is 25.7 Å². The second-order valence-corrected chi connectivity index (χ2v) is 27.4. The molecule has 0 aromatic heterocycles.